The van der Waals surface area contributed by atoms with Gasteiger partial charge >= 0.3 is 0 Å². The molecule has 0 radical (unpaired) electrons. The van der Waals surface area contributed by atoms with Crippen LogP contribution in [0.3, 0.4) is 0 Å². The molecule has 57 heavy (non-hydrogen) atoms. The topological polar surface area (TPSA) is 104 Å². The zero-order valence-electron chi connectivity index (χ0n) is 37.2. The van der Waals surface area contributed by atoms with E-state index in [1.54, 1.807) is 6.08 Å². The van der Waals surface area contributed by atoms with Crippen LogP contribution >= 0.6 is 0 Å². The number of carbonyl (C=O) groups is 1. The molecule has 2 atom stereocenters. The van der Waals surface area contributed by atoms with Crippen molar-refractivity contribution in [2.75, 3.05) is 5.75 Å². The summed E-state index contributed by atoms with van der Waals surface area (Å²) in [7, 11) is -4.35. The Bertz CT molecular complexity index is 1130. The normalized spacial score (nSPS) is 13.7. The first-order chi connectivity index (χ1) is 27.8. The molecule has 0 heterocycles. The van der Waals surface area contributed by atoms with Crippen LogP contribution in [0.5, 0.6) is 0 Å². The molecule has 0 aromatic rings. The van der Waals surface area contributed by atoms with Gasteiger partial charge in [0.1, 0.15) is 0 Å². The predicted molar refractivity (Wildman–Crippen MR) is 248 cm³/mol. The maximum atomic E-state index is 12.6. The van der Waals surface area contributed by atoms with Crippen molar-refractivity contribution in [3.63, 3.8) is 0 Å². The molecule has 3 N–H and O–H groups in total. The van der Waals surface area contributed by atoms with Crippen LogP contribution in [0.4, 0.5) is 0 Å². The van der Waals surface area contributed by atoms with Gasteiger partial charge in [0, 0.05) is 6.42 Å². The molecule has 0 saturated carbocycles. The van der Waals surface area contributed by atoms with Crippen LogP contribution < -0.4 is 5.32 Å². The van der Waals surface area contributed by atoms with Gasteiger partial charge < -0.3 is 10.4 Å². The van der Waals surface area contributed by atoms with Crippen molar-refractivity contribution < 1.29 is 22.9 Å². The van der Waals surface area contributed by atoms with E-state index in [4.69, 9.17) is 0 Å². The second-order valence-electron chi connectivity index (χ2n) is 16.4. The summed E-state index contributed by atoms with van der Waals surface area (Å²) in [6.45, 7) is 4.43. The Hall–Kier alpha value is -1.96. The van der Waals surface area contributed by atoms with Crippen molar-refractivity contribution in [1.82, 2.24) is 5.32 Å². The second kappa shape index (κ2) is 43.6. The number of carbonyl (C=O) groups excluding carboxylic acids is 1. The van der Waals surface area contributed by atoms with E-state index in [2.05, 4.69) is 67.8 Å². The van der Waals surface area contributed by atoms with Crippen molar-refractivity contribution in [1.29, 1.82) is 0 Å². The highest BCUT2D eigenvalue weighted by atomic mass is 32.2. The molecule has 7 heteroatoms. The van der Waals surface area contributed by atoms with Gasteiger partial charge in [-0.25, -0.2) is 0 Å². The summed E-state index contributed by atoms with van der Waals surface area (Å²) >= 11 is 0. The molecule has 2 unspecified atom stereocenters. The summed E-state index contributed by atoms with van der Waals surface area (Å²) in [5, 5.41) is 13.3. The minimum atomic E-state index is -4.35. The smallest absolute Gasteiger partial charge is 0.267 e. The number of nitrogens with one attached hydrogen (secondary N) is 1. The van der Waals surface area contributed by atoms with Crippen LogP contribution in [-0.4, -0.2) is 41.9 Å². The van der Waals surface area contributed by atoms with Crippen molar-refractivity contribution in [3.05, 3.63) is 60.8 Å². The van der Waals surface area contributed by atoms with E-state index in [1.165, 1.54) is 135 Å². The highest BCUT2D eigenvalue weighted by molar-refractivity contribution is 7.85. The van der Waals surface area contributed by atoms with Crippen molar-refractivity contribution >= 4 is 16.0 Å². The Labute approximate surface area is 353 Å². The second-order valence-corrected chi connectivity index (χ2v) is 17.9. The van der Waals surface area contributed by atoms with Gasteiger partial charge in [0.2, 0.25) is 5.91 Å². The summed E-state index contributed by atoms with van der Waals surface area (Å²) in [5.74, 6) is -0.989. The third-order valence-electron chi connectivity index (χ3n) is 10.7. The summed E-state index contributed by atoms with van der Waals surface area (Å²) in [5.41, 5.74) is 0. The largest absolute Gasteiger partial charge is 0.387 e. The highest BCUT2D eigenvalue weighted by Crippen LogP contribution is 2.16. The molecule has 1 amide bonds. The molecule has 0 rings (SSSR count). The minimum absolute atomic E-state index is 0.284. The maximum Gasteiger partial charge on any atom is 0.267 e. The fraction of sp³-hybridized carbons (Fsp3) is 0.780. The lowest BCUT2D eigenvalue weighted by Crippen LogP contribution is -2.46. The first-order valence-electron chi connectivity index (χ1n) is 24.0. The number of amides is 1. The Balaban J connectivity index is 3.86. The van der Waals surface area contributed by atoms with E-state index in [0.29, 0.717) is 0 Å². The van der Waals surface area contributed by atoms with E-state index in [9.17, 15) is 22.9 Å². The molecule has 0 aromatic carbocycles. The third kappa shape index (κ3) is 45.0. The van der Waals surface area contributed by atoms with Crippen molar-refractivity contribution in [2.45, 2.75) is 244 Å². The molecule has 0 bridgehead atoms. The molecule has 0 spiro atoms. The predicted octanol–water partition coefficient (Wildman–Crippen LogP) is 14.8. The fourth-order valence-corrected chi connectivity index (χ4v) is 7.88. The summed E-state index contributed by atoms with van der Waals surface area (Å²) in [4.78, 5) is 12.6. The summed E-state index contributed by atoms with van der Waals surface area (Å²) in [6.07, 6.45) is 60.7. The van der Waals surface area contributed by atoms with Crippen LogP contribution in [0.25, 0.3) is 0 Å². The molecular weight excluding hydrogens is 727 g/mol. The maximum absolute atomic E-state index is 12.6. The van der Waals surface area contributed by atoms with Gasteiger partial charge in [0.15, 0.2) is 0 Å². The van der Waals surface area contributed by atoms with Crippen molar-refractivity contribution in [2.24, 2.45) is 0 Å². The molecule has 0 aliphatic rings. The fourth-order valence-electron chi connectivity index (χ4n) is 7.15. The average Bonchev–Trinajstić information content (AvgIpc) is 3.18. The number of rotatable bonds is 43. The Morgan fingerprint density at radius 3 is 1.25 bits per heavy atom. The first kappa shape index (κ1) is 55.0. The van der Waals surface area contributed by atoms with E-state index in [0.717, 1.165) is 77.0 Å². The zero-order valence-corrected chi connectivity index (χ0v) is 38.0. The van der Waals surface area contributed by atoms with Gasteiger partial charge in [0.05, 0.1) is 17.9 Å². The number of unbranched alkanes of at least 4 members (excludes halogenated alkanes) is 27. The van der Waals surface area contributed by atoms with E-state index < -0.39 is 28.0 Å². The van der Waals surface area contributed by atoms with Gasteiger partial charge in [0.25, 0.3) is 10.1 Å². The van der Waals surface area contributed by atoms with E-state index >= 15 is 0 Å². The number of hydrogen-bond donors (Lipinski definition) is 3. The zero-order chi connectivity index (χ0) is 41.8. The van der Waals surface area contributed by atoms with Gasteiger partial charge in [-0.2, -0.15) is 8.42 Å². The third-order valence-corrected chi connectivity index (χ3v) is 11.5. The molecule has 332 valence electrons. The van der Waals surface area contributed by atoms with Gasteiger partial charge in [-0.15, -0.1) is 0 Å². The molecule has 0 fully saturated rings. The summed E-state index contributed by atoms with van der Waals surface area (Å²) < 4.78 is 32.6. The quantitative estimate of drug-likeness (QED) is 0.0323. The molecule has 0 aliphatic carbocycles. The lowest BCUT2D eigenvalue weighted by Gasteiger charge is -2.21. The standard InChI is InChI=1S/C50H91NO5S/c1-3-5-7-9-11-13-15-17-19-21-23-25-27-29-31-33-35-37-39-41-43-45-49(52)48(47-57(54,55)56)51-50(53)46-44-42-40-38-36-34-32-30-28-26-24-22-20-18-16-14-12-10-8-6-4-2/h6,8,12,14,18,20,24,26,43,45,48-49,52H,3-5,7,9-11,13,15-17,19,21-23,25,27-42,44,46-47H2,1-2H3,(H,51,53)(H,54,55,56)/b8-6-,14-12-,20-18-,26-24-,45-43+. The van der Waals surface area contributed by atoms with Crippen LogP contribution in [0, 0.1) is 0 Å². The highest BCUT2D eigenvalue weighted by Gasteiger charge is 2.24. The number of hydrogen-bond acceptors (Lipinski definition) is 4. The number of aliphatic hydroxyl groups is 1. The Kier molecular flexibility index (Phi) is 42.1. The van der Waals surface area contributed by atoms with Crippen molar-refractivity contribution in [3.8, 4) is 0 Å². The van der Waals surface area contributed by atoms with Gasteiger partial charge in [-0.3, -0.25) is 9.35 Å². The Morgan fingerprint density at radius 2 is 0.842 bits per heavy atom. The summed E-state index contributed by atoms with van der Waals surface area (Å²) in [6, 6.07) is -1.06. The number of aliphatic hydroxyl groups excluding tert-OH is 1. The van der Waals surface area contributed by atoms with Crippen LogP contribution in [0.1, 0.15) is 232 Å². The lowest BCUT2D eigenvalue weighted by molar-refractivity contribution is -0.122. The van der Waals surface area contributed by atoms with Crippen LogP contribution in [-0.2, 0) is 14.9 Å². The van der Waals surface area contributed by atoms with E-state index in [-0.39, 0.29) is 12.3 Å². The van der Waals surface area contributed by atoms with Crippen LogP contribution in [0.2, 0.25) is 0 Å². The lowest BCUT2D eigenvalue weighted by atomic mass is 10.0. The first-order valence-corrected chi connectivity index (χ1v) is 25.6. The molecule has 6 nitrogen and oxygen atoms in total. The SMILES string of the molecule is CC/C=C\C/C=C\C/C=C\C/C=C\CCCCCCCCCCC(=O)NC(CS(=O)(=O)O)C(O)/C=C/CCCCCCCCCCCCCCCCCCCCC. The minimum Gasteiger partial charge on any atom is -0.387 e. The van der Waals surface area contributed by atoms with Gasteiger partial charge in [-0.1, -0.05) is 229 Å². The van der Waals surface area contributed by atoms with E-state index in [1.807, 2.05) is 6.08 Å². The van der Waals surface area contributed by atoms with Gasteiger partial charge in [-0.05, 0) is 57.8 Å². The average molecular weight is 818 g/mol. The molecular formula is C50H91NO5S. The van der Waals surface area contributed by atoms with Crippen LogP contribution in [0.15, 0.2) is 60.8 Å². The molecule has 0 aliphatic heterocycles. The monoisotopic (exact) mass is 818 g/mol. The number of allylic oxidation sites excluding steroid dienone is 9. The Morgan fingerprint density at radius 1 is 0.491 bits per heavy atom. The molecule has 0 saturated heterocycles. The molecule has 0 aromatic heterocycles.